The second-order valence-corrected chi connectivity index (χ2v) is 5.59. The van der Waals surface area contributed by atoms with Gasteiger partial charge < -0.3 is 19.8 Å². The zero-order valence-corrected chi connectivity index (χ0v) is 14.5. The number of anilines is 1. The minimum atomic E-state index is -0.277. The van der Waals surface area contributed by atoms with Gasteiger partial charge in [-0.2, -0.15) is 0 Å². The molecular weight excluding hydrogens is 332 g/mol. The maximum absolute atomic E-state index is 12.8. The Morgan fingerprint density at radius 1 is 1.12 bits per heavy atom. The first-order valence-corrected chi connectivity index (χ1v) is 8.44. The lowest BCUT2D eigenvalue weighted by Crippen LogP contribution is -2.27. The van der Waals surface area contributed by atoms with Gasteiger partial charge >= 0.3 is 0 Å². The molecule has 0 atom stereocenters. The van der Waals surface area contributed by atoms with Crippen molar-refractivity contribution in [3.63, 3.8) is 0 Å². The minimum Gasteiger partial charge on any atom is -0.494 e. The van der Waals surface area contributed by atoms with E-state index in [9.17, 15) is 4.79 Å². The number of para-hydroxylation sites is 1. The molecule has 7 nitrogen and oxygen atoms in total. The van der Waals surface area contributed by atoms with E-state index in [0.29, 0.717) is 36.9 Å². The van der Waals surface area contributed by atoms with E-state index in [1.807, 2.05) is 43.3 Å². The molecule has 0 aliphatic rings. The van der Waals surface area contributed by atoms with Crippen molar-refractivity contribution in [2.45, 2.75) is 6.92 Å². The van der Waals surface area contributed by atoms with Gasteiger partial charge in [0.1, 0.15) is 18.1 Å². The van der Waals surface area contributed by atoms with Gasteiger partial charge in [0.2, 0.25) is 0 Å². The van der Waals surface area contributed by atoms with Crippen LogP contribution in [-0.4, -0.2) is 30.6 Å². The molecule has 1 amide bonds. The fraction of sp³-hybridized carbons (Fsp3) is 0.211. The Kier molecular flexibility index (Phi) is 5.73. The number of fused-ring (bicyclic) bond motifs is 1. The molecule has 0 radical (unpaired) electrons. The van der Waals surface area contributed by atoms with Crippen molar-refractivity contribution in [2.75, 3.05) is 25.1 Å². The molecule has 3 rings (SSSR count). The smallest absolute Gasteiger partial charge is 0.275 e. The number of nitrogens with two attached hydrogens (primary N) is 1. The number of carbonyl (C=O) groups excluding carboxylic acids is 1. The van der Waals surface area contributed by atoms with Gasteiger partial charge in [-0.25, -0.2) is 0 Å². The number of H-pyrrole nitrogens is 1. The van der Waals surface area contributed by atoms with E-state index in [1.165, 1.54) is 0 Å². The summed E-state index contributed by atoms with van der Waals surface area (Å²) in [5.74, 6) is 6.28. The standard InChI is InChI=1S/C19H22N4O3/c1-2-25-14-9-7-13(8-10-14)22-19(24)17-18(26-12-11-21-20)15-5-3-4-6-16(15)23-17/h3-10,21,23H,2,11-12,20H2,1H3,(H,22,24). The first-order valence-electron chi connectivity index (χ1n) is 8.44. The third-order valence-corrected chi connectivity index (χ3v) is 3.80. The summed E-state index contributed by atoms with van der Waals surface area (Å²) in [7, 11) is 0. The van der Waals surface area contributed by atoms with Crippen LogP contribution in [0.15, 0.2) is 48.5 Å². The van der Waals surface area contributed by atoms with Gasteiger partial charge in [0.05, 0.1) is 6.61 Å². The van der Waals surface area contributed by atoms with Crippen molar-refractivity contribution in [2.24, 2.45) is 5.84 Å². The van der Waals surface area contributed by atoms with Crippen LogP contribution in [0.3, 0.4) is 0 Å². The second-order valence-electron chi connectivity index (χ2n) is 5.59. The third-order valence-electron chi connectivity index (χ3n) is 3.80. The Morgan fingerprint density at radius 3 is 2.62 bits per heavy atom. The fourth-order valence-electron chi connectivity index (χ4n) is 2.63. The van der Waals surface area contributed by atoms with Gasteiger partial charge in [-0.15, -0.1) is 0 Å². The Hall–Kier alpha value is -3.03. The number of rotatable bonds is 8. The number of hydrogen-bond acceptors (Lipinski definition) is 5. The lowest BCUT2D eigenvalue weighted by Gasteiger charge is -2.09. The molecule has 5 N–H and O–H groups in total. The minimum absolute atomic E-state index is 0.277. The van der Waals surface area contributed by atoms with Gasteiger partial charge in [0.15, 0.2) is 5.75 Å². The number of aromatic nitrogens is 1. The summed E-state index contributed by atoms with van der Waals surface area (Å²) in [5.41, 5.74) is 4.41. The molecule has 3 aromatic rings. The topological polar surface area (TPSA) is 101 Å². The largest absolute Gasteiger partial charge is 0.494 e. The van der Waals surface area contributed by atoms with Crippen molar-refractivity contribution >= 4 is 22.5 Å². The van der Waals surface area contributed by atoms with Crippen LogP contribution in [0.4, 0.5) is 5.69 Å². The summed E-state index contributed by atoms with van der Waals surface area (Å²) in [4.78, 5) is 15.9. The van der Waals surface area contributed by atoms with E-state index in [2.05, 4.69) is 15.7 Å². The van der Waals surface area contributed by atoms with E-state index >= 15 is 0 Å². The Labute approximate surface area is 151 Å². The SMILES string of the molecule is CCOc1ccc(NC(=O)c2[nH]c3ccccc3c2OCCNN)cc1. The first-order chi connectivity index (χ1) is 12.7. The van der Waals surface area contributed by atoms with Crippen LogP contribution in [0.2, 0.25) is 0 Å². The molecule has 136 valence electrons. The van der Waals surface area contributed by atoms with Crippen LogP contribution in [0, 0.1) is 0 Å². The summed E-state index contributed by atoms with van der Waals surface area (Å²) in [6, 6.07) is 14.8. The summed E-state index contributed by atoms with van der Waals surface area (Å²) in [6.45, 7) is 3.34. The highest BCUT2D eigenvalue weighted by Gasteiger charge is 2.19. The predicted octanol–water partition coefficient (Wildman–Crippen LogP) is 2.66. The van der Waals surface area contributed by atoms with Crippen LogP contribution in [-0.2, 0) is 0 Å². The number of hydrogen-bond donors (Lipinski definition) is 4. The Balaban J connectivity index is 1.83. The molecule has 0 fully saturated rings. The molecule has 0 bridgehead atoms. The number of nitrogens with one attached hydrogen (secondary N) is 3. The van der Waals surface area contributed by atoms with Crippen LogP contribution in [0.1, 0.15) is 17.4 Å². The van der Waals surface area contributed by atoms with Crippen molar-refractivity contribution in [1.29, 1.82) is 0 Å². The summed E-state index contributed by atoms with van der Waals surface area (Å²) >= 11 is 0. The van der Waals surface area contributed by atoms with E-state index in [4.69, 9.17) is 15.3 Å². The first kappa shape index (κ1) is 17.8. The molecule has 0 spiro atoms. The average Bonchev–Trinajstić information content (AvgIpc) is 3.03. The lowest BCUT2D eigenvalue weighted by molar-refractivity contribution is 0.101. The molecule has 1 aromatic heterocycles. The summed E-state index contributed by atoms with van der Waals surface area (Å²) in [5, 5.41) is 3.72. The van der Waals surface area contributed by atoms with Crippen LogP contribution >= 0.6 is 0 Å². The highest BCUT2D eigenvalue weighted by atomic mass is 16.5. The lowest BCUT2D eigenvalue weighted by atomic mass is 10.2. The fourth-order valence-corrected chi connectivity index (χ4v) is 2.63. The normalized spacial score (nSPS) is 10.7. The molecule has 26 heavy (non-hydrogen) atoms. The van der Waals surface area contributed by atoms with Crippen molar-refractivity contribution < 1.29 is 14.3 Å². The van der Waals surface area contributed by atoms with Crippen LogP contribution in [0.25, 0.3) is 10.9 Å². The molecule has 1 heterocycles. The quantitative estimate of drug-likeness (QED) is 0.283. The van der Waals surface area contributed by atoms with E-state index < -0.39 is 0 Å². The van der Waals surface area contributed by atoms with Crippen molar-refractivity contribution in [1.82, 2.24) is 10.4 Å². The maximum Gasteiger partial charge on any atom is 0.275 e. The van der Waals surface area contributed by atoms with Gasteiger partial charge in [-0.05, 0) is 43.3 Å². The van der Waals surface area contributed by atoms with Gasteiger partial charge in [-0.1, -0.05) is 12.1 Å². The summed E-state index contributed by atoms with van der Waals surface area (Å²) in [6.07, 6.45) is 0. The molecule has 7 heteroatoms. The highest BCUT2D eigenvalue weighted by Crippen LogP contribution is 2.30. The second kappa shape index (κ2) is 8.37. The van der Waals surface area contributed by atoms with Crippen molar-refractivity contribution in [3.8, 4) is 11.5 Å². The van der Waals surface area contributed by atoms with Crippen LogP contribution in [0.5, 0.6) is 11.5 Å². The molecular formula is C19H22N4O3. The Morgan fingerprint density at radius 2 is 1.88 bits per heavy atom. The van der Waals surface area contributed by atoms with E-state index in [1.54, 1.807) is 12.1 Å². The Bertz CT molecular complexity index is 874. The van der Waals surface area contributed by atoms with E-state index in [0.717, 1.165) is 16.7 Å². The molecule has 0 aliphatic heterocycles. The number of hydrazine groups is 1. The molecule has 0 saturated carbocycles. The summed E-state index contributed by atoms with van der Waals surface area (Å²) < 4.78 is 11.2. The predicted molar refractivity (Wildman–Crippen MR) is 102 cm³/mol. The zero-order valence-electron chi connectivity index (χ0n) is 14.5. The number of aromatic amines is 1. The number of carbonyl (C=O) groups is 1. The van der Waals surface area contributed by atoms with E-state index in [-0.39, 0.29) is 5.91 Å². The van der Waals surface area contributed by atoms with Gasteiger partial charge in [0, 0.05) is 23.1 Å². The zero-order chi connectivity index (χ0) is 18.4. The highest BCUT2D eigenvalue weighted by molar-refractivity contribution is 6.09. The molecule has 2 aromatic carbocycles. The molecule has 0 saturated heterocycles. The maximum atomic E-state index is 12.8. The monoisotopic (exact) mass is 354 g/mol. The molecule has 0 unspecified atom stereocenters. The third kappa shape index (κ3) is 3.96. The van der Waals surface area contributed by atoms with Crippen molar-refractivity contribution in [3.05, 3.63) is 54.2 Å². The van der Waals surface area contributed by atoms with Gasteiger partial charge in [-0.3, -0.25) is 16.1 Å². The van der Waals surface area contributed by atoms with Gasteiger partial charge in [0.25, 0.3) is 5.91 Å². The van der Waals surface area contributed by atoms with Crippen LogP contribution < -0.4 is 26.1 Å². The number of amides is 1. The number of ether oxygens (including phenoxy) is 2. The molecule has 0 aliphatic carbocycles. The number of benzene rings is 2. The average molecular weight is 354 g/mol.